The van der Waals surface area contributed by atoms with E-state index in [2.05, 4.69) is 26.0 Å². The Kier molecular flexibility index (Phi) is 8.44. The molecular weight excluding hydrogens is 208 g/mol. The molecule has 15 heavy (non-hydrogen) atoms. The smallest absolute Gasteiger partial charge is 0.0440 e. The minimum absolute atomic E-state index is 0.319. The Morgan fingerprint density at radius 1 is 1.20 bits per heavy atom. The summed E-state index contributed by atoms with van der Waals surface area (Å²) in [5, 5.41) is 8.78. The van der Waals surface area contributed by atoms with Gasteiger partial charge in [-0.25, -0.2) is 0 Å². The fourth-order valence-electron chi connectivity index (χ4n) is 1.12. The summed E-state index contributed by atoms with van der Waals surface area (Å²) in [5.41, 5.74) is 2.50. The van der Waals surface area contributed by atoms with Gasteiger partial charge in [-0.05, 0) is 37.0 Å². The van der Waals surface area contributed by atoms with E-state index in [1.165, 1.54) is 11.1 Å². The lowest BCUT2D eigenvalue weighted by Crippen LogP contribution is -1.84. The van der Waals surface area contributed by atoms with Crippen molar-refractivity contribution in [2.45, 2.75) is 40.0 Å². The first kappa shape index (κ1) is 14.5. The molecule has 0 radical (unpaired) electrons. The van der Waals surface area contributed by atoms with Crippen molar-refractivity contribution in [3.05, 3.63) is 34.3 Å². The first-order valence-corrected chi connectivity index (χ1v) is 5.89. The predicted molar refractivity (Wildman–Crippen MR) is 67.6 cm³/mol. The molecule has 0 fully saturated rings. The molecule has 0 aliphatic rings. The summed E-state index contributed by atoms with van der Waals surface area (Å²) in [6.45, 7) is 6.47. The zero-order valence-electron chi connectivity index (χ0n) is 9.89. The van der Waals surface area contributed by atoms with Crippen molar-refractivity contribution in [1.82, 2.24) is 0 Å². The summed E-state index contributed by atoms with van der Waals surface area (Å²) in [7, 11) is 0. The van der Waals surface area contributed by atoms with Gasteiger partial charge < -0.3 is 5.11 Å². The Bertz CT molecular complexity index is 269. The summed E-state index contributed by atoms with van der Waals surface area (Å²) < 4.78 is 0. The highest BCUT2D eigenvalue weighted by atomic mass is 35.5. The fraction of sp³-hybridized carbons (Fsp3) is 0.538. The molecule has 1 aromatic carbocycles. The second kappa shape index (κ2) is 8.75. The van der Waals surface area contributed by atoms with E-state index >= 15 is 0 Å². The van der Waals surface area contributed by atoms with Crippen LogP contribution >= 0.6 is 11.6 Å². The van der Waals surface area contributed by atoms with E-state index < -0.39 is 0 Å². The second-order valence-electron chi connectivity index (χ2n) is 3.57. The summed E-state index contributed by atoms with van der Waals surface area (Å²) in [6, 6.07) is 6.24. The Labute approximate surface area is 98.1 Å². The molecule has 86 valence electrons. The lowest BCUT2D eigenvalue weighted by Gasteiger charge is -2.02. The van der Waals surface area contributed by atoms with E-state index in [-0.39, 0.29) is 0 Å². The van der Waals surface area contributed by atoms with Gasteiger partial charge in [0.2, 0.25) is 0 Å². The molecule has 1 aromatic rings. The lowest BCUT2D eigenvalue weighted by atomic mass is 10.1. The monoisotopic (exact) mass is 228 g/mol. The van der Waals surface area contributed by atoms with Gasteiger partial charge in [-0.15, -0.1) is 0 Å². The molecule has 0 heterocycles. The van der Waals surface area contributed by atoms with Gasteiger partial charge in [-0.3, -0.25) is 0 Å². The third kappa shape index (κ3) is 6.53. The van der Waals surface area contributed by atoms with E-state index in [9.17, 15) is 0 Å². The van der Waals surface area contributed by atoms with Gasteiger partial charge in [0.15, 0.2) is 0 Å². The average Bonchev–Trinajstić information content (AvgIpc) is 2.23. The zero-order chi connectivity index (χ0) is 11.7. The van der Waals surface area contributed by atoms with Crippen molar-refractivity contribution in [3.63, 3.8) is 0 Å². The molecule has 0 aliphatic heterocycles. The molecule has 1 N–H and O–H groups in total. The Hall–Kier alpha value is -0.530. The first-order chi connectivity index (χ1) is 7.15. The van der Waals surface area contributed by atoms with E-state index in [1.54, 1.807) is 0 Å². The summed E-state index contributed by atoms with van der Waals surface area (Å²) in [6.07, 6.45) is 3.11. The number of aliphatic hydroxyl groups excluding tert-OH is 1. The van der Waals surface area contributed by atoms with Crippen molar-refractivity contribution >= 4 is 11.6 Å². The molecule has 2 heteroatoms. The third-order valence-corrected chi connectivity index (χ3v) is 2.30. The van der Waals surface area contributed by atoms with Crippen LogP contribution in [-0.2, 0) is 6.42 Å². The number of benzene rings is 1. The minimum atomic E-state index is 0.319. The van der Waals surface area contributed by atoms with E-state index in [1.807, 2.05) is 13.0 Å². The third-order valence-electron chi connectivity index (χ3n) is 1.95. The van der Waals surface area contributed by atoms with Crippen molar-refractivity contribution < 1.29 is 5.11 Å². The van der Waals surface area contributed by atoms with Crippen LogP contribution in [0.15, 0.2) is 18.2 Å². The van der Waals surface area contributed by atoms with Crippen LogP contribution in [0.5, 0.6) is 0 Å². The maximum atomic E-state index is 7.88. The normalized spacial score (nSPS) is 9.40. The van der Waals surface area contributed by atoms with Crippen LogP contribution in [0, 0.1) is 6.92 Å². The molecule has 1 nitrogen and oxygen atoms in total. The van der Waals surface area contributed by atoms with Crippen LogP contribution < -0.4 is 0 Å². The summed E-state index contributed by atoms with van der Waals surface area (Å²) >= 11 is 6.01. The average molecular weight is 229 g/mol. The molecule has 0 saturated carbocycles. The van der Waals surface area contributed by atoms with Gasteiger partial charge in [0.1, 0.15) is 0 Å². The number of hydrogen-bond acceptors (Lipinski definition) is 1. The van der Waals surface area contributed by atoms with Crippen LogP contribution in [0.25, 0.3) is 0 Å². The lowest BCUT2D eigenvalue weighted by molar-refractivity contribution is 0.295. The molecule has 0 bridgehead atoms. The molecule has 0 spiro atoms. The number of aryl methyl sites for hydroxylation is 2. The number of rotatable bonds is 3. The van der Waals surface area contributed by atoms with Crippen molar-refractivity contribution in [1.29, 1.82) is 0 Å². The highest BCUT2D eigenvalue weighted by Crippen LogP contribution is 2.18. The Morgan fingerprint density at radius 3 is 2.20 bits per heavy atom. The maximum Gasteiger partial charge on any atom is 0.0440 e. The van der Waals surface area contributed by atoms with Crippen LogP contribution in [0.1, 0.15) is 37.8 Å². The first-order valence-electron chi connectivity index (χ1n) is 5.51. The van der Waals surface area contributed by atoms with Crippen LogP contribution in [-0.4, -0.2) is 11.7 Å². The number of halogens is 1. The van der Waals surface area contributed by atoms with E-state index in [0.717, 1.165) is 24.3 Å². The predicted octanol–water partition coefficient (Wildman–Crippen LogP) is 3.99. The standard InChI is InChI=1S/C10H13Cl.C3H8O/c1-3-4-9-6-5-8(2)7-10(9)11;1-2-3-4/h5-7H,3-4H2,1-2H3;4H,2-3H2,1H3. The largest absolute Gasteiger partial charge is 0.396 e. The van der Waals surface area contributed by atoms with Crippen molar-refractivity contribution in [2.24, 2.45) is 0 Å². The van der Waals surface area contributed by atoms with Gasteiger partial charge in [0.05, 0.1) is 0 Å². The molecule has 0 aromatic heterocycles. The SMILES string of the molecule is CCCO.CCCc1ccc(C)cc1Cl. The van der Waals surface area contributed by atoms with Crippen LogP contribution in [0.4, 0.5) is 0 Å². The quantitative estimate of drug-likeness (QED) is 0.830. The highest BCUT2D eigenvalue weighted by Gasteiger charge is 1.97. The maximum absolute atomic E-state index is 7.88. The molecule has 0 amide bonds. The zero-order valence-corrected chi connectivity index (χ0v) is 10.6. The molecular formula is C13H21ClO. The Balaban J connectivity index is 0.000000423. The highest BCUT2D eigenvalue weighted by molar-refractivity contribution is 6.31. The van der Waals surface area contributed by atoms with Gasteiger partial charge in [-0.2, -0.15) is 0 Å². The molecule has 0 saturated heterocycles. The van der Waals surface area contributed by atoms with Gasteiger partial charge in [0.25, 0.3) is 0 Å². The minimum Gasteiger partial charge on any atom is -0.396 e. The van der Waals surface area contributed by atoms with Gasteiger partial charge in [0, 0.05) is 11.6 Å². The topological polar surface area (TPSA) is 20.2 Å². The summed E-state index contributed by atoms with van der Waals surface area (Å²) in [4.78, 5) is 0. The second-order valence-corrected chi connectivity index (χ2v) is 3.98. The van der Waals surface area contributed by atoms with Crippen molar-refractivity contribution in [3.8, 4) is 0 Å². The van der Waals surface area contributed by atoms with Gasteiger partial charge >= 0.3 is 0 Å². The van der Waals surface area contributed by atoms with E-state index in [4.69, 9.17) is 16.7 Å². The summed E-state index contributed by atoms with van der Waals surface area (Å²) in [5.74, 6) is 0. The molecule has 0 aliphatic carbocycles. The van der Waals surface area contributed by atoms with Gasteiger partial charge in [-0.1, -0.05) is 44.0 Å². The molecule has 0 atom stereocenters. The molecule has 1 rings (SSSR count). The van der Waals surface area contributed by atoms with E-state index in [0.29, 0.717) is 6.61 Å². The van der Waals surface area contributed by atoms with Crippen molar-refractivity contribution in [2.75, 3.05) is 6.61 Å². The molecule has 0 unspecified atom stereocenters. The van der Waals surface area contributed by atoms with Crippen LogP contribution in [0.3, 0.4) is 0 Å². The number of aliphatic hydroxyl groups is 1. The van der Waals surface area contributed by atoms with Crippen LogP contribution in [0.2, 0.25) is 5.02 Å². The Morgan fingerprint density at radius 2 is 1.80 bits per heavy atom. The fourth-order valence-corrected chi connectivity index (χ4v) is 1.45. The number of hydrogen-bond donors (Lipinski definition) is 1.